The summed E-state index contributed by atoms with van der Waals surface area (Å²) in [6.45, 7) is 0. The predicted octanol–water partition coefficient (Wildman–Crippen LogP) is 11.1. The fourth-order valence-electron chi connectivity index (χ4n) is 6.50. The highest BCUT2D eigenvalue weighted by molar-refractivity contribution is 9.10. The summed E-state index contributed by atoms with van der Waals surface area (Å²) in [6, 6.07) is 49.9. The van der Waals surface area contributed by atoms with Gasteiger partial charge in [0.05, 0.1) is 22.1 Å². The minimum atomic E-state index is 0.508. The number of aromatic nitrogens is 5. The van der Waals surface area contributed by atoms with Crippen LogP contribution in [0.25, 0.3) is 55.5 Å². The van der Waals surface area contributed by atoms with Crippen LogP contribution < -0.4 is 4.90 Å². The molecule has 0 N–H and O–H groups in total. The van der Waals surface area contributed by atoms with Gasteiger partial charge in [-0.15, -0.1) is 0 Å². The summed E-state index contributed by atoms with van der Waals surface area (Å²) in [7, 11) is 0. The monoisotopic (exact) mass is 734 g/mol. The molecule has 0 aliphatic carbocycles. The van der Waals surface area contributed by atoms with Gasteiger partial charge in [-0.3, -0.25) is 14.0 Å². The van der Waals surface area contributed by atoms with Crippen molar-refractivity contribution in [2.24, 2.45) is 0 Å². The lowest BCUT2D eigenvalue weighted by atomic mass is 10.2. The average Bonchev–Trinajstić information content (AvgIpc) is 3.61. The van der Waals surface area contributed by atoms with E-state index in [9.17, 15) is 0 Å². The largest absolute Gasteiger partial charge is 0.279 e. The van der Waals surface area contributed by atoms with E-state index in [4.69, 9.17) is 15.0 Å². The maximum atomic E-state index is 5.29. The molecule has 0 atom stereocenters. The lowest BCUT2D eigenvalue weighted by Crippen LogP contribution is -2.18. The van der Waals surface area contributed by atoms with Crippen molar-refractivity contribution in [3.8, 4) is 11.9 Å². The van der Waals surface area contributed by atoms with Gasteiger partial charge >= 0.3 is 0 Å². The SMILES string of the molecule is Brc1ccc2c(c1)c1ccccc1n2-c1nc(N(c2ccccc2)c2ccccc2)nc(-n2c3ccccc3c3cc(Br)ccc32)n1. The normalized spacial score (nSPS) is 11.6. The van der Waals surface area contributed by atoms with Crippen LogP contribution >= 0.6 is 31.9 Å². The fraction of sp³-hybridized carbons (Fsp3) is 0. The van der Waals surface area contributed by atoms with Gasteiger partial charge < -0.3 is 0 Å². The molecule has 0 aliphatic heterocycles. The van der Waals surface area contributed by atoms with E-state index < -0.39 is 0 Å². The van der Waals surface area contributed by atoms with Gasteiger partial charge in [-0.2, -0.15) is 15.0 Å². The maximum Gasteiger partial charge on any atom is 0.241 e. The molecule has 8 heteroatoms. The molecule has 0 bridgehead atoms. The molecule has 6 nitrogen and oxygen atoms in total. The van der Waals surface area contributed by atoms with Crippen molar-refractivity contribution in [1.82, 2.24) is 24.1 Å². The molecule has 3 aromatic heterocycles. The van der Waals surface area contributed by atoms with Gasteiger partial charge in [0.1, 0.15) is 0 Å². The van der Waals surface area contributed by atoms with Crippen LogP contribution in [0.2, 0.25) is 0 Å². The summed E-state index contributed by atoms with van der Waals surface area (Å²) in [6.07, 6.45) is 0. The van der Waals surface area contributed by atoms with Gasteiger partial charge in [0.15, 0.2) is 0 Å². The molecule has 0 fully saturated rings. The molecule has 9 aromatic rings. The molecule has 3 heterocycles. The van der Waals surface area contributed by atoms with E-state index in [1.807, 2.05) is 36.4 Å². The molecule has 0 aliphatic rings. The van der Waals surface area contributed by atoms with Crippen molar-refractivity contribution < 1.29 is 0 Å². The smallest absolute Gasteiger partial charge is 0.241 e. The molecule has 6 aromatic carbocycles. The highest BCUT2D eigenvalue weighted by Crippen LogP contribution is 2.38. The van der Waals surface area contributed by atoms with Crippen molar-refractivity contribution in [1.29, 1.82) is 0 Å². The van der Waals surface area contributed by atoms with Crippen LogP contribution in [0.1, 0.15) is 0 Å². The Labute approximate surface area is 286 Å². The molecule has 0 saturated carbocycles. The second kappa shape index (κ2) is 11.2. The second-order valence-electron chi connectivity index (χ2n) is 11.3. The third kappa shape index (κ3) is 4.63. The van der Waals surface area contributed by atoms with Crippen LogP contribution in [0, 0.1) is 0 Å². The quantitative estimate of drug-likeness (QED) is 0.177. The molecule has 9 rings (SSSR count). The van der Waals surface area contributed by atoms with Gasteiger partial charge in [-0.1, -0.05) is 105 Å². The highest BCUT2D eigenvalue weighted by atomic mass is 79.9. The van der Waals surface area contributed by atoms with Crippen molar-refractivity contribution in [2.45, 2.75) is 0 Å². The molecule has 0 saturated heterocycles. The fourth-order valence-corrected chi connectivity index (χ4v) is 7.22. The number of hydrogen-bond acceptors (Lipinski definition) is 4. The zero-order valence-electron chi connectivity index (χ0n) is 24.8. The zero-order valence-corrected chi connectivity index (χ0v) is 28.0. The average molecular weight is 736 g/mol. The number of benzene rings is 6. The number of halogens is 2. The Morgan fingerprint density at radius 1 is 0.404 bits per heavy atom. The van der Waals surface area contributed by atoms with Gasteiger partial charge in [0.25, 0.3) is 0 Å². The van der Waals surface area contributed by atoms with Crippen molar-refractivity contribution in [3.63, 3.8) is 0 Å². The van der Waals surface area contributed by atoms with Crippen molar-refractivity contribution in [3.05, 3.63) is 155 Å². The number of fused-ring (bicyclic) bond motifs is 6. The van der Waals surface area contributed by atoms with E-state index in [1.165, 1.54) is 0 Å². The van der Waals surface area contributed by atoms with E-state index in [1.54, 1.807) is 0 Å². The topological polar surface area (TPSA) is 51.8 Å². The van der Waals surface area contributed by atoms with Gasteiger partial charge in [-0.25, -0.2) is 0 Å². The van der Waals surface area contributed by atoms with Crippen LogP contribution in [0.5, 0.6) is 0 Å². The van der Waals surface area contributed by atoms with Crippen LogP contribution in [0.4, 0.5) is 17.3 Å². The number of rotatable bonds is 5. The summed E-state index contributed by atoms with van der Waals surface area (Å²) >= 11 is 7.38. The van der Waals surface area contributed by atoms with Gasteiger partial charge in [-0.05, 0) is 72.8 Å². The minimum absolute atomic E-state index is 0.508. The summed E-state index contributed by atoms with van der Waals surface area (Å²) in [5, 5.41) is 4.47. The van der Waals surface area contributed by atoms with E-state index in [2.05, 4.69) is 155 Å². The Kier molecular flexibility index (Phi) is 6.65. The third-order valence-electron chi connectivity index (χ3n) is 8.50. The highest BCUT2D eigenvalue weighted by Gasteiger charge is 2.23. The summed E-state index contributed by atoms with van der Waals surface area (Å²) in [5.41, 5.74) is 5.93. The minimum Gasteiger partial charge on any atom is -0.279 e. The first kappa shape index (κ1) is 28.0. The third-order valence-corrected chi connectivity index (χ3v) is 9.48. The predicted molar refractivity (Wildman–Crippen MR) is 199 cm³/mol. The first-order chi connectivity index (χ1) is 23.1. The second-order valence-corrected chi connectivity index (χ2v) is 13.1. The van der Waals surface area contributed by atoms with E-state index in [0.29, 0.717) is 17.8 Å². The Bertz CT molecular complexity index is 2430. The zero-order chi connectivity index (χ0) is 31.5. The maximum absolute atomic E-state index is 5.29. The number of hydrogen-bond donors (Lipinski definition) is 0. The van der Waals surface area contributed by atoms with Gasteiger partial charge in [0.2, 0.25) is 17.8 Å². The van der Waals surface area contributed by atoms with Crippen molar-refractivity contribution in [2.75, 3.05) is 4.90 Å². The molecule has 0 amide bonds. The Morgan fingerprint density at radius 2 is 0.809 bits per heavy atom. The molecule has 0 spiro atoms. The molecule has 0 radical (unpaired) electrons. The first-order valence-corrected chi connectivity index (χ1v) is 16.8. The lowest BCUT2D eigenvalue weighted by molar-refractivity contribution is 0.878. The first-order valence-electron chi connectivity index (χ1n) is 15.2. The summed E-state index contributed by atoms with van der Waals surface area (Å²) in [4.78, 5) is 17.9. The number of anilines is 3. The standard InChI is InChI=1S/C39H24Br2N6/c40-25-19-21-35-31(23-25)29-15-7-9-17-33(29)46(35)38-42-37(45(27-11-3-1-4-12-27)28-13-5-2-6-14-28)43-39(44-38)47-34-18-10-8-16-30(34)32-24-26(41)20-22-36(32)47/h1-24H. The Balaban J connectivity index is 1.42. The van der Waals surface area contributed by atoms with E-state index in [0.717, 1.165) is 63.9 Å². The van der Waals surface area contributed by atoms with Crippen molar-refractivity contribution >= 4 is 92.8 Å². The molecule has 224 valence electrons. The number of nitrogens with zero attached hydrogens (tertiary/aromatic N) is 6. The molecular formula is C39H24Br2N6. The Hall–Kier alpha value is -5.31. The molecule has 47 heavy (non-hydrogen) atoms. The summed E-state index contributed by atoms with van der Waals surface area (Å²) in [5.74, 6) is 1.56. The van der Waals surface area contributed by atoms with Crippen LogP contribution in [0.15, 0.2) is 155 Å². The van der Waals surface area contributed by atoms with E-state index in [-0.39, 0.29) is 0 Å². The lowest BCUT2D eigenvalue weighted by Gasteiger charge is -2.24. The van der Waals surface area contributed by atoms with Gasteiger partial charge in [0, 0.05) is 41.9 Å². The number of para-hydroxylation sites is 4. The Morgan fingerprint density at radius 3 is 1.28 bits per heavy atom. The van der Waals surface area contributed by atoms with Crippen LogP contribution in [-0.4, -0.2) is 24.1 Å². The van der Waals surface area contributed by atoms with Crippen LogP contribution in [0.3, 0.4) is 0 Å². The molecule has 0 unspecified atom stereocenters. The summed E-state index contributed by atoms with van der Waals surface area (Å²) < 4.78 is 6.32. The van der Waals surface area contributed by atoms with E-state index >= 15 is 0 Å². The van der Waals surface area contributed by atoms with Crippen LogP contribution in [-0.2, 0) is 0 Å². The molecular weight excluding hydrogens is 712 g/mol.